The lowest BCUT2D eigenvalue weighted by Gasteiger charge is -2.12. The summed E-state index contributed by atoms with van der Waals surface area (Å²) in [6, 6.07) is 7.34. The van der Waals surface area contributed by atoms with Crippen LogP contribution in [0.1, 0.15) is 11.7 Å². The van der Waals surface area contributed by atoms with E-state index in [1.54, 1.807) is 14.2 Å². The second-order valence-corrected chi connectivity index (χ2v) is 3.81. The fraction of sp³-hybridized carbons (Fsp3) is 0.538. The predicted octanol–water partition coefficient (Wildman–Crippen LogP) is 0.939. The van der Waals surface area contributed by atoms with E-state index >= 15 is 0 Å². The first-order chi connectivity index (χ1) is 8.77. The minimum Gasteiger partial charge on any atom is -0.468 e. The zero-order valence-corrected chi connectivity index (χ0v) is 10.9. The molecule has 102 valence electrons. The van der Waals surface area contributed by atoms with Gasteiger partial charge in [-0.25, -0.2) is 0 Å². The third-order valence-corrected chi connectivity index (χ3v) is 2.38. The Labute approximate surface area is 108 Å². The lowest BCUT2D eigenvalue weighted by molar-refractivity contribution is -0.00857. The van der Waals surface area contributed by atoms with E-state index in [4.69, 9.17) is 14.2 Å². The van der Waals surface area contributed by atoms with Gasteiger partial charge in [-0.15, -0.1) is 0 Å². The number of aliphatic hydroxyl groups excluding tert-OH is 1. The molecule has 1 aromatic rings. The predicted molar refractivity (Wildman–Crippen MR) is 68.7 cm³/mol. The molecule has 1 atom stereocenters. The number of aliphatic hydroxyl groups is 1. The standard InChI is InChI=1S/C13H21NO4/c1-14-9-13(15)11-4-3-5-12(8-11)18-10-17-7-6-16-2/h3-5,8,13-15H,6-7,9-10H2,1-2H3/t13-/m0/s1. The minimum atomic E-state index is -0.534. The van der Waals surface area contributed by atoms with Crippen LogP contribution in [0.25, 0.3) is 0 Å². The molecule has 1 aromatic carbocycles. The number of likely N-dealkylation sites (N-methyl/N-ethyl adjacent to an activating group) is 1. The average molecular weight is 255 g/mol. The first kappa shape index (κ1) is 14.9. The maximum absolute atomic E-state index is 9.82. The number of rotatable bonds is 9. The molecule has 1 rings (SSSR count). The van der Waals surface area contributed by atoms with Crippen LogP contribution >= 0.6 is 0 Å². The second-order valence-electron chi connectivity index (χ2n) is 3.81. The number of hydrogen-bond donors (Lipinski definition) is 2. The summed E-state index contributed by atoms with van der Waals surface area (Å²) in [5, 5.41) is 12.7. The van der Waals surface area contributed by atoms with Crippen molar-refractivity contribution < 1.29 is 19.3 Å². The van der Waals surface area contributed by atoms with Crippen LogP contribution in [0.3, 0.4) is 0 Å². The Morgan fingerprint density at radius 2 is 2.17 bits per heavy atom. The maximum Gasteiger partial charge on any atom is 0.189 e. The first-order valence-electron chi connectivity index (χ1n) is 5.90. The van der Waals surface area contributed by atoms with E-state index in [2.05, 4.69) is 5.32 Å². The number of hydrogen-bond acceptors (Lipinski definition) is 5. The van der Waals surface area contributed by atoms with Crippen molar-refractivity contribution in [2.45, 2.75) is 6.10 Å². The second kappa shape index (κ2) is 8.88. The molecule has 0 radical (unpaired) electrons. The van der Waals surface area contributed by atoms with Crippen molar-refractivity contribution in [1.82, 2.24) is 5.32 Å². The molecule has 0 unspecified atom stereocenters. The third-order valence-electron chi connectivity index (χ3n) is 2.38. The molecule has 5 heteroatoms. The Balaban J connectivity index is 2.39. The van der Waals surface area contributed by atoms with Gasteiger partial charge in [-0.2, -0.15) is 0 Å². The Bertz CT molecular complexity index is 333. The van der Waals surface area contributed by atoms with Crippen LogP contribution in [-0.4, -0.2) is 45.8 Å². The van der Waals surface area contributed by atoms with Gasteiger partial charge in [0, 0.05) is 13.7 Å². The van der Waals surface area contributed by atoms with Crippen LogP contribution in [0.15, 0.2) is 24.3 Å². The quantitative estimate of drug-likeness (QED) is 0.508. The smallest absolute Gasteiger partial charge is 0.189 e. The van der Waals surface area contributed by atoms with Gasteiger partial charge in [0.25, 0.3) is 0 Å². The zero-order valence-electron chi connectivity index (χ0n) is 10.9. The molecular formula is C13H21NO4. The fourth-order valence-corrected chi connectivity index (χ4v) is 1.43. The van der Waals surface area contributed by atoms with Gasteiger partial charge < -0.3 is 24.6 Å². The van der Waals surface area contributed by atoms with Gasteiger partial charge >= 0.3 is 0 Å². The van der Waals surface area contributed by atoms with Crippen LogP contribution in [0.4, 0.5) is 0 Å². The van der Waals surface area contributed by atoms with E-state index in [9.17, 15) is 5.11 Å². The SMILES string of the molecule is CNC[C@H](O)c1cccc(OCOCCOC)c1. The van der Waals surface area contributed by atoms with Gasteiger partial charge in [0.05, 0.1) is 19.3 Å². The molecule has 0 bridgehead atoms. The van der Waals surface area contributed by atoms with Crippen LogP contribution in [0, 0.1) is 0 Å². The van der Waals surface area contributed by atoms with Gasteiger partial charge in [0.1, 0.15) is 5.75 Å². The summed E-state index contributed by atoms with van der Waals surface area (Å²) in [7, 11) is 3.42. The largest absolute Gasteiger partial charge is 0.468 e. The summed E-state index contributed by atoms with van der Waals surface area (Å²) in [4.78, 5) is 0. The van der Waals surface area contributed by atoms with Crippen molar-refractivity contribution in [2.24, 2.45) is 0 Å². The molecule has 0 amide bonds. The van der Waals surface area contributed by atoms with Gasteiger partial charge in [-0.05, 0) is 24.7 Å². The summed E-state index contributed by atoms with van der Waals surface area (Å²) >= 11 is 0. The summed E-state index contributed by atoms with van der Waals surface area (Å²) < 4.78 is 15.5. The molecule has 0 aliphatic carbocycles. The van der Waals surface area contributed by atoms with Crippen molar-refractivity contribution in [1.29, 1.82) is 0 Å². The number of nitrogens with one attached hydrogen (secondary N) is 1. The molecule has 0 saturated heterocycles. The van der Waals surface area contributed by atoms with Crippen molar-refractivity contribution in [3.63, 3.8) is 0 Å². The molecule has 0 aliphatic heterocycles. The highest BCUT2D eigenvalue weighted by atomic mass is 16.7. The van der Waals surface area contributed by atoms with Gasteiger partial charge in [-0.1, -0.05) is 12.1 Å². The summed E-state index contributed by atoms with van der Waals surface area (Å²) in [5.74, 6) is 0.681. The van der Waals surface area contributed by atoms with Crippen LogP contribution in [0.5, 0.6) is 5.75 Å². The van der Waals surface area contributed by atoms with Crippen LogP contribution in [-0.2, 0) is 9.47 Å². The van der Waals surface area contributed by atoms with Crippen LogP contribution in [0.2, 0.25) is 0 Å². The highest BCUT2D eigenvalue weighted by Crippen LogP contribution is 2.18. The van der Waals surface area contributed by atoms with E-state index in [-0.39, 0.29) is 6.79 Å². The van der Waals surface area contributed by atoms with Gasteiger partial charge in [0.15, 0.2) is 6.79 Å². The van der Waals surface area contributed by atoms with Crippen molar-refractivity contribution in [2.75, 3.05) is 40.7 Å². The van der Waals surface area contributed by atoms with Crippen molar-refractivity contribution >= 4 is 0 Å². The fourth-order valence-electron chi connectivity index (χ4n) is 1.43. The maximum atomic E-state index is 9.82. The molecule has 0 aliphatic rings. The lowest BCUT2D eigenvalue weighted by atomic mass is 10.1. The lowest BCUT2D eigenvalue weighted by Crippen LogP contribution is -2.16. The first-order valence-corrected chi connectivity index (χ1v) is 5.90. The Morgan fingerprint density at radius 1 is 1.33 bits per heavy atom. The zero-order chi connectivity index (χ0) is 13.2. The number of ether oxygens (including phenoxy) is 3. The van der Waals surface area contributed by atoms with Gasteiger partial charge in [-0.3, -0.25) is 0 Å². The highest BCUT2D eigenvalue weighted by Gasteiger charge is 2.06. The minimum absolute atomic E-state index is 0.176. The summed E-state index contributed by atoms with van der Waals surface area (Å²) in [6.07, 6.45) is -0.534. The Morgan fingerprint density at radius 3 is 2.89 bits per heavy atom. The van der Waals surface area contributed by atoms with Crippen LogP contribution < -0.4 is 10.1 Å². The molecule has 18 heavy (non-hydrogen) atoms. The van der Waals surface area contributed by atoms with E-state index in [0.717, 1.165) is 5.56 Å². The molecule has 2 N–H and O–H groups in total. The molecular weight excluding hydrogens is 234 g/mol. The normalized spacial score (nSPS) is 12.4. The molecule has 0 saturated carbocycles. The Hall–Kier alpha value is -1.14. The van der Waals surface area contributed by atoms with Crippen molar-refractivity contribution in [3.05, 3.63) is 29.8 Å². The summed E-state index contributed by atoms with van der Waals surface area (Å²) in [5.41, 5.74) is 0.818. The van der Waals surface area contributed by atoms with Crippen molar-refractivity contribution in [3.8, 4) is 5.75 Å². The number of benzene rings is 1. The molecule has 0 aromatic heterocycles. The van der Waals surface area contributed by atoms with E-state index in [0.29, 0.717) is 25.5 Å². The van der Waals surface area contributed by atoms with E-state index < -0.39 is 6.10 Å². The topological polar surface area (TPSA) is 60.0 Å². The molecule has 0 spiro atoms. The molecule has 0 heterocycles. The molecule has 0 fully saturated rings. The summed E-state index contributed by atoms with van der Waals surface area (Å²) in [6.45, 7) is 1.73. The Kier molecular flexibility index (Phi) is 7.36. The van der Waals surface area contributed by atoms with E-state index in [1.165, 1.54) is 0 Å². The third kappa shape index (κ3) is 5.46. The molecule has 5 nitrogen and oxygen atoms in total. The number of methoxy groups -OCH3 is 1. The average Bonchev–Trinajstić information content (AvgIpc) is 2.39. The highest BCUT2D eigenvalue weighted by molar-refractivity contribution is 5.29. The van der Waals surface area contributed by atoms with E-state index in [1.807, 2.05) is 24.3 Å². The monoisotopic (exact) mass is 255 g/mol. The van der Waals surface area contributed by atoms with Gasteiger partial charge in [0.2, 0.25) is 0 Å².